The summed E-state index contributed by atoms with van der Waals surface area (Å²) in [5.74, 6) is -1.63. The first-order chi connectivity index (χ1) is 12.0. The van der Waals surface area contributed by atoms with E-state index in [0.717, 1.165) is 11.3 Å². The number of allylic oxidation sites excluding steroid dienone is 2. The maximum Gasteiger partial charge on any atom is 0.271 e. The average molecular weight is 341 g/mol. The van der Waals surface area contributed by atoms with E-state index in [1.165, 1.54) is 24.3 Å². The van der Waals surface area contributed by atoms with Gasteiger partial charge in [-0.25, -0.2) is 0 Å². The Kier molecular flexibility index (Phi) is 3.41. The number of amides is 3. The van der Waals surface area contributed by atoms with E-state index in [1.54, 1.807) is 0 Å². The van der Waals surface area contributed by atoms with Crippen molar-refractivity contribution >= 4 is 29.1 Å². The van der Waals surface area contributed by atoms with E-state index >= 15 is 0 Å². The molecule has 4 atom stereocenters. The van der Waals surface area contributed by atoms with E-state index in [0.29, 0.717) is 0 Å². The maximum absolute atomic E-state index is 12.5. The summed E-state index contributed by atoms with van der Waals surface area (Å²) in [5.41, 5.74) is 0.100. The Morgan fingerprint density at radius 2 is 1.84 bits per heavy atom. The first kappa shape index (κ1) is 15.5. The zero-order valence-electron chi connectivity index (χ0n) is 13.1. The van der Waals surface area contributed by atoms with Crippen LogP contribution in [0.2, 0.25) is 0 Å². The van der Waals surface area contributed by atoms with Gasteiger partial charge >= 0.3 is 0 Å². The number of likely N-dealkylation sites (tertiary alicyclic amines) is 1. The van der Waals surface area contributed by atoms with Gasteiger partial charge in [0.25, 0.3) is 5.69 Å². The molecule has 1 heterocycles. The summed E-state index contributed by atoms with van der Waals surface area (Å²) < 4.78 is 0. The second kappa shape index (κ2) is 5.51. The van der Waals surface area contributed by atoms with Crippen LogP contribution < -0.4 is 5.32 Å². The minimum atomic E-state index is -0.562. The van der Waals surface area contributed by atoms with Crippen LogP contribution in [0.1, 0.15) is 6.42 Å². The topological polar surface area (TPSA) is 110 Å². The highest BCUT2D eigenvalue weighted by molar-refractivity contribution is 6.09. The van der Waals surface area contributed by atoms with Crippen LogP contribution in [-0.4, -0.2) is 34.1 Å². The predicted octanol–water partition coefficient (Wildman–Crippen LogP) is 1.34. The first-order valence-corrected chi connectivity index (χ1v) is 8.03. The molecular weight excluding hydrogens is 326 g/mol. The number of benzene rings is 1. The van der Waals surface area contributed by atoms with Gasteiger partial charge in [-0.15, -0.1) is 0 Å². The second-order valence-electron chi connectivity index (χ2n) is 6.62. The van der Waals surface area contributed by atoms with Crippen molar-refractivity contribution in [2.75, 3.05) is 11.9 Å². The number of hydrogen-bond acceptors (Lipinski definition) is 5. The van der Waals surface area contributed by atoms with Gasteiger partial charge in [-0.1, -0.05) is 18.2 Å². The Hall–Kier alpha value is -3.03. The molecular formula is C17H15N3O5. The lowest BCUT2D eigenvalue weighted by Crippen LogP contribution is -2.39. The fraction of sp³-hybridized carbons (Fsp3) is 0.353. The molecule has 2 bridgehead atoms. The number of nitro benzene ring substituents is 1. The molecule has 1 aromatic rings. The van der Waals surface area contributed by atoms with Crippen molar-refractivity contribution in [1.29, 1.82) is 0 Å². The van der Waals surface area contributed by atoms with Gasteiger partial charge in [0.2, 0.25) is 17.7 Å². The number of nitrogens with zero attached hydrogens (tertiary/aromatic N) is 2. The third-order valence-corrected chi connectivity index (χ3v) is 5.20. The summed E-state index contributed by atoms with van der Waals surface area (Å²) in [4.78, 5) is 48.5. The summed E-state index contributed by atoms with van der Waals surface area (Å²) in [7, 11) is 0. The number of imide groups is 1. The molecule has 1 aliphatic heterocycles. The fourth-order valence-corrected chi connectivity index (χ4v) is 4.16. The summed E-state index contributed by atoms with van der Waals surface area (Å²) in [6.45, 7) is -0.368. The van der Waals surface area contributed by atoms with Gasteiger partial charge in [-0.3, -0.25) is 29.4 Å². The molecule has 2 aliphatic carbocycles. The smallest absolute Gasteiger partial charge is 0.271 e. The number of nitrogens with one attached hydrogen (secondary N) is 1. The molecule has 1 aromatic carbocycles. The minimum absolute atomic E-state index is 0.0938. The predicted molar refractivity (Wildman–Crippen MR) is 86.2 cm³/mol. The molecule has 8 nitrogen and oxygen atoms in total. The van der Waals surface area contributed by atoms with Crippen LogP contribution >= 0.6 is 0 Å². The molecule has 1 saturated carbocycles. The summed E-state index contributed by atoms with van der Waals surface area (Å²) >= 11 is 0. The molecule has 0 unspecified atom stereocenters. The zero-order chi connectivity index (χ0) is 17.7. The second-order valence-corrected chi connectivity index (χ2v) is 6.62. The molecule has 4 rings (SSSR count). The molecule has 128 valence electrons. The molecule has 0 spiro atoms. The lowest BCUT2D eigenvalue weighted by Gasteiger charge is -2.16. The third-order valence-electron chi connectivity index (χ3n) is 5.20. The number of carbonyl (C=O) groups is 3. The number of non-ortho nitro benzene ring substituents is 1. The van der Waals surface area contributed by atoms with Gasteiger partial charge in [0, 0.05) is 17.8 Å². The summed E-state index contributed by atoms with van der Waals surface area (Å²) in [5, 5.41) is 13.3. The lowest BCUT2D eigenvalue weighted by atomic mass is 9.85. The molecule has 2 fully saturated rings. The SMILES string of the molecule is O=C(CN1C(=O)[C@@H]2[C@H](C1=O)[C@H]1C=C[C@H]2C1)Nc1cccc([N+](=O)[O-])c1. The van der Waals surface area contributed by atoms with Gasteiger partial charge in [-0.2, -0.15) is 0 Å². The highest BCUT2D eigenvalue weighted by Crippen LogP contribution is 2.52. The van der Waals surface area contributed by atoms with E-state index in [4.69, 9.17) is 0 Å². The maximum atomic E-state index is 12.5. The van der Waals surface area contributed by atoms with Crippen molar-refractivity contribution in [1.82, 2.24) is 4.90 Å². The van der Waals surface area contributed by atoms with E-state index in [2.05, 4.69) is 5.32 Å². The average Bonchev–Trinajstić information content (AvgIpc) is 3.25. The number of fused-ring (bicyclic) bond motifs is 5. The Bertz CT molecular complexity index is 803. The van der Waals surface area contributed by atoms with Crippen molar-refractivity contribution in [2.45, 2.75) is 6.42 Å². The molecule has 0 radical (unpaired) electrons. The minimum Gasteiger partial charge on any atom is -0.324 e. The molecule has 3 amide bonds. The van der Waals surface area contributed by atoms with Crippen LogP contribution in [0.25, 0.3) is 0 Å². The van der Waals surface area contributed by atoms with Crippen LogP contribution in [0.5, 0.6) is 0 Å². The molecule has 1 saturated heterocycles. The van der Waals surface area contributed by atoms with Crippen LogP contribution in [0, 0.1) is 33.8 Å². The molecule has 1 N–H and O–H groups in total. The van der Waals surface area contributed by atoms with E-state index in [1.807, 2.05) is 12.2 Å². The van der Waals surface area contributed by atoms with Gasteiger partial charge in [0.1, 0.15) is 6.54 Å². The van der Waals surface area contributed by atoms with Gasteiger partial charge in [-0.05, 0) is 24.3 Å². The Morgan fingerprint density at radius 3 is 2.44 bits per heavy atom. The number of anilines is 1. The highest BCUT2D eigenvalue weighted by atomic mass is 16.6. The third kappa shape index (κ3) is 2.41. The lowest BCUT2D eigenvalue weighted by molar-refractivity contribution is -0.384. The number of rotatable bonds is 4. The summed E-state index contributed by atoms with van der Waals surface area (Å²) in [6, 6.07) is 5.50. The normalized spacial score (nSPS) is 29.2. The van der Waals surface area contributed by atoms with Crippen LogP contribution in [-0.2, 0) is 14.4 Å². The first-order valence-electron chi connectivity index (χ1n) is 8.03. The Balaban J connectivity index is 1.45. The largest absolute Gasteiger partial charge is 0.324 e. The van der Waals surface area contributed by atoms with Crippen LogP contribution in [0.4, 0.5) is 11.4 Å². The van der Waals surface area contributed by atoms with Crippen LogP contribution in [0.15, 0.2) is 36.4 Å². The number of carbonyl (C=O) groups excluding carboxylic acids is 3. The van der Waals surface area contributed by atoms with E-state index in [-0.39, 0.29) is 53.4 Å². The molecule has 3 aliphatic rings. The Labute approximate surface area is 142 Å². The van der Waals surface area contributed by atoms with E-state index < -0.39 is 10.8 Å². The quantitative estimate of drug-likeness (QED) is 0.385. The van der Waals surface area contributed by atoms with Crippen molar-refractivity contribution in [2.24, 2.45) is 23.7 Å². The van der Waals surface area contributed by atoms with Crippen molar-refractivity contribution < 1.29 is 19.3 Å². The fourth-order valence-electron chi connectivity index (χ4n) is 4.16. The standard InChI is InChI=1S/C17H15N3O5/c21-13(18-11-2-1-3-12(7-11)20(24)25)8-19-16(22)14-9-4-5-10(6-9)15(14)17(19)23/h1-5,7,9-10,14-15H,6,8H2,(H,18,21)/t9-,10-,14-,15+/m0/s1. The Morgan fingerprint density at radius 1 is 1.20 bits per heavy atom. The van der Waals surface area contributed by atoms with Crippen molar-refractivity contribution in [3.63, 3.8) is 0 Å². The van der Waals surface area contributed by atoms with Gasteiger partial charge in [0.15, 0.2) is 0 Å². The van der Waals surface area contributed by atoms with Gasteiger partial charge in [0.05, 0.1) is 16.8 Å². The number of hydrogen-bond donors (Lipinski definition) is 1. The van der Waals surface area contributed by atoms with Crippen molar-refractivity contribution in [3.05, 3.63) is 46.5 Å². The van der Waals surface area contributed by atoms with Gasteiger partial charge < -0.3 is 5.32 Å². The monoisotopic (exact) mass is 341 g/mol. The molecule has 0 aromatic heterocycles. The highest BCUT2D eigenvalue weighted by Gasteiger charge is 2.59. The summed E-state index contributed by atoms with van der Waals surface area (Å²) in [6.07, 6.45) is 4.81. The zero-order valence-corrected chi connectivity index (χ0v) is 13.1. The van der Waals surface area contributed by atoms with E-state index in [9.17, 15) is 24.5 Å². The van der Waals surface area contributed by atoms with Crippen LogP contribution in [0.3, 0.4) is 0 Å². The molecule has 8 heteroatoms. The molecule has 25 heavy (non-hydrogen) atoms. The number of nitro groups is 1. The van der Waals surface area contributed by atoms with Crippen molar-refractivity contribution in [3.8, 4) is 0 Å².